The van der Waals surface area contributed by atoms with Crippen LogP contribution in [-0.4, -0.2) is 18.1 Å². The Morgan fingerprint density at radius 3 is 2.71 bits per heavy atom. The molecular formula is C15H15BrClN3O. The van der Waals surface area contributed by atoms with E-state index in [0.29, 0.717) is 17.1 Å². The third-order valence-electron chi connectivity index (χ3n) is 3.08. The van der Waals surface area contributed by atoms with Gasteiger partial charge >= 0.3 is 0 Å². The van der Waals surface area contributed by atoms with Gasteiger partial charge in [-0.25, -0.2) is 0 Å². The molecule has 4 nitrogen and oxygen atoms in total. The van der Waals surface area contributed by atoms with Crippen LogP contribution in [0.1, 0.15) is 11.1 Å². The molecule has 0 spiro atoms. The lowest BCUT2D eigenvalue weighted by molar-refractivity contribution is 0.318. The van der Waals surface area contributed by atoms with Gasteiger partial charge in [-0.15, -0.1) is 0 Å². The van der Waals surface area contributed by atoms with Crippen LogP contribution in [0.5, 0.6) is 0 Å². The van der Waals surface area contributed by atoms with Crippen molar-refractivity contribution in [3.63, 3.8) is 0 Å². The molecule has 0 amide bonds. The normalized spacial score (nSPS) is 11.5. The number of benzene rings is 2. The molecule has 3 N–H and O–H groups in total. The van der Waals surface area contributed by atoms with Gasteiger partial charge in [0.15, 0.2) is 5.84 Å². The summed E-state index contributed by atoms with van der Waals surface area (Å²) >= 11 is 9.44. The van der Waals surface area contributed by atoms with Crippen molar-refractivity contribution in [3.05, 3.63) is 63.1 Å². The van der Waals surface area contributed by atoms with Gasteiger partial charge in [0.1, 0.15) is 0 Å². The molecule has 2 aromatic rings. The van der Waals surface area contributed by atoms with Gasteiger partial charge in [0.2, 0.25) is 0 Å². The molecule has 0 unspecified atom stereocenters. The molecule has 0 aliphatic carbocycles. The molecule has 0 aliphatic rings. The van der Waals surface area contributed by atoms with Crippen LogP contribution in [0.15, 0.2) is 52.1 Å². The van der Waals surface area contributed by atoms with Crippen LogP contribution in [0, 0.1) is 0 Å². The van der Waals surface area contributed by atoms with Gasteiger partial charge in [0.05, 0.1) is 5.56 Å². The predicted octanol–water partition coefficient (Wildman–Crippen LogP) is 3.83. The SMILES string of the molecule is CN(Cc1cccc(Cl)c1)c1cccc(Br)c1/C(N)=N/O. The Kier molecular flexibility index (Phi) is 5.09. The van der Waals surface area contributed by atoms with Gasteiger partial charge in [-0.1, -0.05) is 35.0 Å². The minimum atomic E-state index is 0.0652. The van der Waals surface area contributed by atoms with E-state index in [1.54, 1.807) is 0 Å². The molecule has 0 saturated heterocycles. The molecule has 6 heteroatoms. The third-order valence-corrected chi connectivity index (χ3v) is 3.97. The van der Waals surface area contributed by atoms with Crippen molar-refractivity contribution >= 4 is 39.1 Å². The molecular weight excluding hydrogens is 354 g/mol. The van der Waals surface area contributed by atoms with Gasteiger partial charge in [-0.2, -0.15) is 0 Å². The summed E-state index contributed by atoms with van der Waals surface area (Å²) in [5, 5.41) is 12.8. The summed E-state index contributed by atoms with van der Waals surface area (Å²) in [6.07, 6.45) is 0. The summed E-state index contributed by atoms with van der Waals surface area (Å²) in [7, 11) is 1.94. The molecule has 110 valence electrons. The fourth-order valence-corrected chi connectivity index (χ4v) is 2.90. The zero-order valence-electron chi connectivity index (χ0n) is 11.4. The van der Waals surface area contributed by atoms with E-state index in [1.807, 2.05) is 54.4 Å². The Morgan fingerprint density at radius 2 is 2.05 bits per heavy atom. The van der Waals surface area contributed by atoms with Crippen LogP contribution < -0.4 is 10.6 Å². The Labute approximate surface area is 136 Å². The smallest absolute Gasteiger partial charge is 0.173 e. The number of amidine groups is 1. The van der Waals surface area contributed by atoms with Gasteiger partial charge in [-0.3, -0.25) is 0 Å². The number of anilines is 1. The fourth-order valence-electron chi connectivity index (χ4n) is 2.13. The quantitative estimate of drug-likeness (QED) is 0.373. The first-order valence-electron chi connectivity index (χ1n) is 6.25. The Hall–Kier alpha value is -1.72. The minimum Gasteiger partial charge on any atom is -0.409 e. The fraction of sp³-hybridized carbons (Fsp3) is 0.133. The molecule has 0 aliphatic heterocycles. The second kappa shape index (κ2) is 6.83. The van der Waals surface area contributed by atoms with Crippen molar-refractivity contribution in [3.8, 4) is 0 Å². The lowest BCUT2D eigenvalue weighted by atomic mass is 10.1. The van der Waals surface area contributed by atoms with E-state index < -0.39 is 0 Å². The highest BCUT2D eigenvalue weighted by Gasteiger charge is 2.14. The van der Waals surface area contributed by atoms with Crippen molar-refractivity contribution < 1.29 is 5.21 Å². The van der Waals surface area contributed by atoms with Crippen molar-refractivity contribution in [2.24, 2.45) is 10.9 Å². The summed E-state index contributed by atoms with van der Waals surface area (Å²) in [5.74, 6) is 0.0652. The second-order valence-electron chi connectivity index (χ2n) is 4.61. The lowest BCUT2D eigenvalue weighted by Crippen LogP contribution is -2.23. The molecule has 0 bridgehead atoms. The van der Waals surface area contributed by atoms with E-state index >= 15 is 0 Å². The number of hydrogen-bond donors (Lipinski definition) is 2. The van der Waals surface area contributed by atoms with E-state index in [0.717, 1.165) is 15.7 Å². The van der Waals surface area contributed by atoms with E-state index in [4.69, 9.17) is 22.5 Å². The van der Waals surface area contributed by atoms with Crippen molar-refractivity contribution in [1.82, 2.24) is 0 Å². The van der Waals surface area contributed by atoms with Crippen molar-refractivity contribution in [2.45, 2.75) is 6.54 Å². The van der Waals surface area contributed by atoms with Gasteiger partial charge in [-0.05, 0) is 45.8 Å². The maximum Gasteiger partial charge on any atom is 0.173 e. The average Bonchev–Trinajstić information content (AvgIpc) is 2.46. The zero-order valence-corrected chi connectivity index (χ0v) is 13.8. The maximum atomic E-state index is 8.95. The molecule has 21 heavy (non-hydrogen) atoms. The number of hydrogen-bond acceptors (Lipinski definition) is 3. The molecule has 2 aromatic carbocycles. The summed E-state index contributed by atoms with van der Waals surface area (Å²) in [6, 6.07) is 13.3. The first kappa shape index (κ1) is 15.7. The Balaban J connectivity index is 2.35. The number of oxime groups is 1. The van der Waals surface area contributed by atoms with E-state index in [2.05, 4.69) is 21.1 Å². The molecule has 0 fully saturated rings. The molecule has 2 rings (SSSR count). The molecule has 0 radical (unpaired) electrons. The number of halogens is 2. The van der Waals surface area contributed by atoms with Crippen LogP contribution in [0.2, 0.25) is 5.02 Å². The third kappa shape index (κ3) is 3.68. The highest BCUT2D eigenvalue weighted by atomic mass is 79.9. The van der Waals surface area contributed by atoms with Crippen LogP contribution in [0.4, 0.5) is 5.69 Å². The first-order chi connectivity index (χ1) is 10.0. The molecule has 0 heterocycles. The van der Waals surface area contributed by atoms with E-state index in [1.165, 1.54) is 0 Å². The van der Waals surface area contributed by atoms with Crippen LogP contribution in [0.25, 0.3) is 0 Å². The second-order valence-corrected chi connectivity index (χ2v) is 5.90. The lowest BCUT2D eigenvalue weighted by Gasteiger charge is -2.23. The van der Waals surface area contributed by atoms with Crippen LogP contribution in [-0.2, 0) is 6.54 Å². The summed E-state index contributed by atoms with van der Waals surface area (Å²) < 4.78 is 0.772. The molecule has 0 aromatic heterocycles. The summed E-state index contributed by atoms with van der Waals surface area (Å²) in [5.41, 5.74) is 8.37. The summed E-state index contributed by atoms with van der Waals surface area (Å²) in [4.78, 5) is 2.02. The number of nitrogens with zero attached hydrogens (tertiary/aromatic N) is 2. The predicted molar refractivity (Wildman–Crippen MR) is 90.2 cm³/mol. The monoisotopic (exact) mass is 367 g/mol. The standard InChI is InChI=1S/C15H15BrClN3O/c1-20(9-10-4-2-5-11(17)8-10)13-7-3-6-12(16)14(13)15(18)19-21/h2-8,21H,9H2,1H3,(H2,18,19). The first-order valence-corrected chi connectivity index (χ1v) is 7.42. The van der Waals surface area contributed by atoms with E-state index in [9.17, 15) is 0 Å². The maximum absolute atomic E-state index is 8.95. The van der Waals surface area contributed by atoms with Gasteiger partial charge in [0.25, 0.3) is 0 Å². The van der Waals surface area contributed by atoms with Crippen molar-refractivity contribution in [2.75, 3.05) is 11.9 Å². The van der Waals surface area contributed by atoms with E-state index in [-0.39, 0.29) is 5.84 Å². The number of rotatable bonds is 4. The van der Waals surface area contributed by atoms with Crippen LogP contribution >= 0.6 is 27.5 Å². The highest BCUT2D eigenvalue weighted by Crippen LogP contribution is 2.28. The topological polar surface area (TPSA) is 61.8 Å². The molecule has 0 atom stereocenters. The average molecular weight is 369 g/mol. The highest BCUT2D eigenvalue weighted by molar-refractivity contribution is 9.10. The minimum absolute atomic E-state index is 0.0652. The van der Waals surface area contributed by atoms with Gasteiger partial charge < -0.3 is 15.8 Å². The zero-order chi connectivity index (χ0) is 15.4. The van der Waals surface area contributed by atoms with Crippen molar-refractivity contribution in [1.29, 1.82) is 0 Å². The number of nitrogens with two attached hydrogens (primary N) is 1. The Bertz CT molecular complexity index is 676. The Morgan fingerprint density at radius 1 is 1.33 bits per heavy atom. The summed E-state index contributed by atoms with van der Waals surface area (Å²) in [6.45, 7) is 0.655. The molecule has 0 saturated carbocycles. The van der Waals surface area contributed by atoms with Gasteiger partial charge in [0, 0.05) is 28.8 Å². The van der Waals surface area contributed by atoms with Crippen LogP contribution in [0.3, 0.4) is 0 Å². The largest absolute Gasteiger partial charge is 0.409 e.